The van der Waals surface area contributed by atoms with Crippen LogP contribution in [0.1, 0.15) is 38.7 Å². The van der Waals surface area contributed by atoms with E-state index in [-0.39, 0.29) is 24.1 Å². The summed E-state index contributed by atoms with van der Waals surface area (Å²) < 4.78 is 3.29. The standard InChI is InChI=1S/C27H29ClN4O2/c1-17-6-5-8-23(18(17)2)30-25(33)16-32-27(34)26-22(14-29-32)21-7-3-4-9-24(21)31(26)15-19-10-12-20(28)13-11-19/h3-4,7,9-14,17-18,23H,5-6,8,15-16H2,1-2H3,(H,30,33)/t17-,18+,23-/m1/s1. The van der Waals surface area contributed by atoms with E-state index in [4.69, 9.17) is 11.6 Å². The number of nitrogens with zero attached hydrogens (tertiary/aromatic N) is 3. The third-order valence-electron chi connectivity index (χ3n) is 7.37. The summed E-state index contributed by atoms with van der Waals surface area (Å²) in [7, 11) is 0. The average Bonchev–Trinajstić information content (AvgIpc) is 3.14. The second kappa shape index (κ2) is 9.26. The quantitative estimate of drug-likeness (QED) is 0.441. The molecule has 34 heavy (non-hydrogen) atoms. The van der Waals surface area contributed by atoms with Gasteiger partial charge >= 0.3 is 0 Å². The highest BCUT2D eigenvalue weighted by atomic mass is 35.5. The molecule has 1 aliphatic carbocycles. The van der Waals surface area contributed by atoms with Crippen molar-refractivity contribution in [3.8, 4) is 0 Å². The van der Waals surface area contributed by atoms with Crippen LogP contribution in [0.3, 0.4) is 0 Å². The normalized spacial score (nSPS) is 20.6. The van der Waals surface area contributed by atoms with Gasteiger partial charge in [-0.2, -0.15) is 5.10 Å². The number of carbonyl (C=O) groups excluding carboxylic acids is 1. The molecule has 0 bridgehead atoms. The van der Waals surface area contributed by atoms with Crippen molar-refractivity contribution in [1.82, 2.24) is 19.7 Å². The van der Waals surface area contributed by atoms with Crippen LogP contribution in [0.4, 0.5) is 0 Å². The van der Waals surface area contributed by atoms with E-state index in [1.165, 1.54) is 11.1 Å². The van der Waals surface area contributed by atoms with Gasteiger partial charge in [-0.05, 0) is 42.0 Å². The summed E-state index contributed by atoms with van der Waals surface area (Å²) in [4.78, 5) is 26.5. The highest BCUT2D eigenvalue weighted by Crippen LogP contribution is 2.30. The van der Waals surface area contributed by atoms with E-state index in [1.807, 2.05) is 53.1 Å². The van der Waals surface area contributed by atoms with Gasteiger partial charge in [-0.3, -0.25) is 9.59 Å². The van der Waals surface area contributed by atoms with E-state index < -0.39 is 0 Å². The van der Waals surface area contributed by atoms with Gasteiger partial charge in [-0.15, -0.1) is 0 Å². The molecule has 5 rings (SSSR count). The molecule has 7 heteroatoms. The lowest BCUT2D eigenvalue weighted by Gasteiger charge is -2.34. The third kappa shape index (κ3) is 4.23. The Kier molecular flexibility index (Phi) is 6.17. The van der Waals surface area contributed by atoms with Crippen molar-refractivity contribution < 1.29 is 4.79 Å². The largest absolute Gasteiger partial charge is 0.351 e. The molecule has 4 aromatic rings. The number of hydrogen-bond acceptors (Lipinski definition) is 3. The predicted octanol–water partition coefficient (Wildman–Crippen LogP) is 4.99. The molecule has 1 N–H and O–H groups in total. The van der Waals surface area contributed by atoms with Crippen LogP contribution in [0, 0.1) is 11.8 Å². The molecule has 1 saturated carbocycles. The van der Waals surface area contributed by atoms with Crippen molar-refractivity contribution in [2.45, 2.75) is 52.2 Å². The van der Waals surface area contributed by atoms with Gasteiger partial charge in [0.25, 0.3) is 5.56 Å². The van der Waals surface area contributed by atoms with Crippen LogP contribution in [-0.2, 0) is 17.9 Å². The number of carbonyl (C=O) groups is 1. The van der Waals surface area contributed by atoms with Crippen LogP contribution >= 0.6 is 11.6 Å². The van der Waals surface area contributed by atoms with Gasteiger partial charge in [0.2, 0.25) is 5.91 Å². The lowest BCUT2D eigenvalue weighted by Crippen LogP contribution is -2.45. The third-order valence-corrected chi connectivity index (χ3v) is 7.63. The topological polar surface area (TPSA) is 68.9 Å². The first kappa shape index (κ1) is 22.7. The monoisotopic (exact) mass is 476 g/mol. The lowest BCUT2D eigenvalue weighted by atomic mass is 9.78. The van der Waals surface area contributed by atoms with E-state index in [9.17, 15) is 9.59 Å². The van der Waals surface area contributed by atoms with Crippen molar-refractivity contribution in [2.75, 3.05) is 0 Å². The Balaban J connectivity index is 1.50. The van der Waals surface area contributed by atoms with Crippen LogP contribution in [0.15, 0.2) is 59.5 Å². The molecule has 1 aliphatic rings. The van der Waals surface area contributed by atoms with E-state index in [2.05, 4.69) is 24.3 Å². The molecule has 176 valence electrons. The number of hydrogen-bond donors (Lipinski definition) is 1. The minimum atomic E-state index is -0.261. The van der Waals surface area contributed by atoms with E-state index >= 15 is 0 Å². The highest BCUT2D eigenvalue weighted by Gasteiger charge is 2.28. The van der Waals surface area contributed by atoms with Crippen LogP contribution in [0.2, 0.25) is 5.02 Å². The van der Waals surface area contributed by atoms with Crippen molar-refractivity contribution in [2.24, 2.45) is 11.8 Å². The Labute approximate surface area is 203 Å². The number of nitrogens with one attached hydrogen (secondary N) is 1. The molecule has 0 saturated heterocycles. The summed E-state index contributed by atoms with van der Waals surface area (Å²) in [6.45, 7) is 4.86. The fraction of sp³-hybridized carbons (Fsp3) is 0.370. The van der Waals surface area contributed by atoms with E-state index in [0.717, 1.165) is 34.7 Å². The van der Waals surface area contributed by atoms with Gasteiger partial charge < -0.3 is 9.88 Å². The number of benzene rings is 2. The van der Waals surface area contributed by atoms with Gasteiger partial charge in [-0.1, -0.05) is 68.6 Å². The summed E-state index contributed by atoms with van der Waals surface area (Å²) in [6, 6.07) is 15.7. The smallest absolute Gasteiger partial charge is 0.291 e. The SMILES string of the molecule is C[C@H]1[C@H](C)CCC[C@H]1NC(=O)Cn1ncc2c3ccccc3n(Cc3ccc(Cl)cc3)c2c1=O. The van der Waals surface area contributed by atoms with Crippen molar-refractivity contribution in [1.29, 1.82) is 0 Å². The first-order valence-corrected chi connectivity index (χ1v) is 12.3. The highest BCUT2D eigenvalue weighted by molar-refractivity contribution is 6.30. The summed E-state index contributed by atoms with van der Waals surface area (Å²) in [5, 5.41) is 9.95. The van der Waals surface area contributed by atoms with Crippen LogP contribution in [0.25, 0.3) is 21.8 Å². The number of para-hydroxylation sites is 1. The summed E-state index contributed by atoms with van der Waals surface area (Å²) in [6.07, 6.45) is 5.00. The van der Waals surface area contributed by atoms with E-state index in [1.54, 1.807) is 6.20 Å². The zero-order valence-corrected chi connectivity index (χ0v) is 20.3. The molecule has 3 atom stereocenters. The molecule has 1 amide bonds. The average molecular weight is 477 g/mol. The number of amides is 1. The maximum absolute atomic E-state index is 13.6. The number of rotatable bonds is 5. The van der Waals surface area contributed by atoms with Crippen LogP contribution in [-0.4, -0.2) is 26.3 Å². The molecular weight excluding hydrogens is 448 g/mol. The fourth-order valence-electron chi connectivity index (χ4n) is 5.22. The lowest BCUT2D eigenvalue weighted by molar-refractivity contribution is -0.123. The second-order valence-corrected chi connectivity index (χ2v) is 9.98. The molecule has 2 aromatic carbocycles. The number of halogens is 1. The molecule has 6 nitrogen and oxygen atoms in total. The molecule has 1 fully saturated rings. The van der Waals surface area contributed by atoms with Gasteiger partial charge in [0, 0.05) is 33.9 Å². The zero-order chi connectivity index (χ0) is 23.8. The molecule has 2 heterocycles. The van der Waals surface area contributed by atoms with Gasteiger partial charge in [0.15, 0.2) is 0 Å². The minimum Gasteiger partial charge on any atom is -0.351 e. The number of fused-ring (bicyclic) bond motifs is 3. The van der Waals surface area contributed by atoms with Gasteiger partial charge in [0.05, 0.1) is 6.20 Å². The van der Waals surface area contributed by atoms with Crippen molar-refractivity contribution >= 4 is 39.3 Å². The van der Waals surface area contributed by atoms with Crippen LogP contribution < -0.4 is 10.9 Å². The second-order valence-electron chi connectivity index (χ2n) is 9.54. The Morgan fingerprint density at radius 1 is 1.09 bits per heavy atom. The summed E-state index contributed by atoms with van der Waals surface area (Å²) >= 11 is 6.06. The first-order valence-electron chi connectivity index (χ1n) is 11.9. The van der Waals surface area contributed by atoms with Gasteiger partial charge in [-0.25, -0.2) is 4.68 Å². The number of aromatic nitrogens is 3. The Bertz CT molecular complexity index is 1410. The van der Waals surface area contributed by atoms with Crippen molar-refractivity contribution in [3.63, 3.8) is 0 Å². The molecule has 0 unspecified atom stereocenters. The molecule has 0 radical (unpaired) electrons. The molecule has 0 spiro atoms. The Morgan fingerprint density at radius 3 is 2.65 bits per heavy atom. The fourth-order valence-corrected chi connectivity index (χ4v) is 5.34. The molecule has 0 aliphatic heterocycles. The van der Waals surface area contributed by atoms with Gasteiger partial charge in [0.1, 0.15) is 12.1 Å². The minimum absolute atomic E-state index is 0.0884. The maximum Gasteiger partial charge on any atom is 0.291 e. The first-order chi connectivity index (χ1) is 16.4. The zero-order valence-electron chi connectivity index (χ0n) is 19.5. The maximum atomic E-state index is 13.6. The van der Waals surface area contributed by atoms with Crippen molar-refractivity contribution in [3.05, 3.63) is 75.7 Å². The van der Waals surface area contributed by atoms with Crippen LogP contribution in [0.5, 0.6) is 0 Å². The molecular formula is C27H29ClN4O2. The Hall–Kier alpha value is -3.12. The summed E-state index contributed by atoms with van der Waals surface area (Å²) in [5.41, 5.74) is 2.29. The molecule has 2 aromatic heterocycles. The predicted molar refractivity (Wildman–Crippen MR) is 136 cm³/mol. The Morgan fingerprint density at radius 2 is 1.85 bits per heavy atom. The summed E-state index contributed by atoms with van der Waals surface area (Å²) in [5.74, 6) is 0.840. The van der Waals surface area contributed by atoms with E-state index in [0.29, 0.717) is 28.9 Å².